The molecule has 0 bridgehead atoms. The molecule has 3 rings (SSSR count). The lowest BCUT2D eigenvalue weighted by Gasteiger charge is -2.07. The van der Waals surface area contributed by atoms with Crippen LogP contribution in [0.1, 0.15) is 6.42 Å². The van der Waals surface area contributed by atoms with Gasteiger partial charge in [0, 0.05) is 24.8 Å². The molecule has 1 N–H and O–H groups in total. The van der Waals surface area contributed by atoms with Gasteiger partial charge in [0.05, 0.1) is 11.7 Å². The molecule has 0 aliphatic rings. The molecule has 0 unspecified atom stereocenters. The molecule has 7 heteroatoms. The maximum Gasteiger partial charge on any atom is 0.262 e. The number of benzene rings is 1. The fraction of sp³-hybridized carbons (Fsp3) is 0.125. The van der Waals surface area contributed by atoms with Gasteiger partial charge < -0.3 is 5.32 Å². The van der Waals surface area contributed by atoms with E-state index in [9.17, 15) is 14.0 Å². The van der Waals surface area contributed by atoms with Crippen LogP contribution in [-0.4, -0.2) is 20.4 Å². The average Bonchev–Trinajstić information content (AvgIpc) is 2.54. The van der Waals surface area contributed by atoms with Crippen molar-refractivity contribution < 1.29 is 9.18 Å². The predicted molar refractivity (Wildman–Crippen MR) is 83.4 cm³/mol. The summed E-state index contributed by atoms with van der Waals surface area (Å²) in [6, 6.07) is 8.93. The Balaban J connectivity index is 1.70. The fourth-order valence-corrected chi connectivity index (χ4v) is 2.17. The van der Waals surface area contributed by atoms with E-state index in [1.807, 2.05) is 0 Å². The van der Waals surface area contributed by atoms with Gasteiger partial charge in [0.25, 0.3) is 5.56 Å². The van der Waals surface area contributed by atoms with Crippen LogP contribution in [0.15, 0.2) is 53.7 Å². The second-order valence-corrected chi connectivity index (χ2v) is 4.93. The van der Waals surface area contributed by atoms with Crippen LogP contribution in [0.5, 0.6) is 0 Å². The zero-order valence-corrected chi connectivity index (χ0v) is 12.1. The largest absolute Gasteiger partial charge is 0.326 e. The quantitative estimate of drug-likeness (QED) is 0.799. The minimum atomic E-state index is -0.426. The summed E-state index contributed by atoms with van der Waals surface area (Å²) in [6.07, 6.45) is 3.00. The van der Waals surface area contributed by atoms with E-state index in [0.29, 0.717) is 16.7 Å². The third-order valence-corrected chi connectivity index (χ3v) is 3.29. The lowest BCUT2D eigenvalue weighted by molar-refractivity contribution is -0.116. The van der Waals surface area contributed by atoms with E-state index in [4.69, 9.17) is 0 Å². The molecule has 0 aliphatic heterocycles. The molecule has 0 radical (unpaired) electrons. The molecule has 1 aromatic carbocycles. The lowest BCUT2D eigenvalue weighted by Crippen LogP contribution is -2.23. The maximum absolute atomic E-state index is 13.1. The molecule has 0 atom stereocenters. The van der Waals surface area contributed by atoms with Crippen LogP contribution in [0.4, 0.5) is 10.1 Å². The highest BCUT2D eigenvalue weighted by atomic mass is 19.1. The zero-order chi connectivity index (χ0) is 16.2. The third-order valence-electron chi connectivity index (χ3n) is 3.29. The highest BCUT2D eigenvalue weighted by Crippen LogP contribution is 2.09. The van der Waals surface area contributed by atoms with E-state index in [0.717, 1.165) is 0 Å². The Morgan fingerprint density at radius 2 is 2.09 bits per heavy atom. The summed E-state index contributed by atoms with van der Waals surface area (Å²) in [7, 11) is 0. The molecule has 6 nitrogen and oxygen atoms in total. The zero-order valence-electron chi connectivity index (χ0n) is 12.1. The van der Waals surface area contributed by atoms with Gasteiger partial charge in [-0.25, -0.2) is 14.4 Å². The number of fused-ring (bicyclic) bond motifs is 1. The minimum absolute atomic E-state index is 0.0733. The van der Waals surface area contributed by atoms with Gasteiger partial charge in [0.15, 0.2) is 5.65 Å². The smallest absolute Gasteiger partial charge is 0.262 e. The Morgan fingerprint density at radius 3 is 2.91 bits per heavy atom. The van der Waals surface area contributed by atoms with Crippen molar-refractivity contribution >= 4 is 22.6 Å². The van der Waals surface area contributed by atoms with E-state index in [2.05, 4.69) is 15.3 Å². The molecule has 116 valence electrons. The Bertz CT molecular complexity index is 923. The van der Waals surface area contributed by atoms with Crippen LogP contribution in [0, 0.1) is 5.82 Å². The van der Waals surface area contributed by atoms with Crippen molar-refractivity contribution in [3.05, 3.63) is 65.1 Å². The molecule has 0 aliphatic carbocycles. The summed E-state index contributed by atoms with van der Waals surface area (Å²) >= 11 is 0. The molecule has 0 saturated heterocycles. The first-order valence-corrected chi connectivity index (χ1v) is 6.99. The number of carbonyl (C=O) groups is 1. The second kappa shape index (κ2) is 6.35. The number of hydrogen-bond donors (Lipinski definition) is 1. The van der Waals surface area contributed by atoms with Gasteiger partial charge in [-0.05, 0) is 30.3 Å². The van der Waals surface area contributed by atoms with Crippen LogP contribution in [0.2, 0.25) is 0 Å². The Hall–Kier alpha value is -3.09. The summed E-state index contributed by atoms with van der Waals surface area (Å²) in [4.78, 5) is 32.2. The number of nitrogens with one attached hydrogen (secondary N) is 1. The van der Waals surface area contributed by atoms with E-state index in [-0.39, 0.29) is 24.4 Å². The topological polar surface area (TPSA) is 76.9 Å². The van der Waals surface area contributed by atoms with Gasteiger partial charge in [0.2, 0.25) is 5.91 Å². The predicted octanol–water partition coefficient (Wildman–Crippen LogP) is 1.96. The summed E-state index contributed by atoms with van der Waals surface area (Å²) in [5.41, 5.74) is 0.503. The summed E-state index contributed by atoms with van der Waals surface area (Å²) in [5, 5.41) is 2.99. The van der Waals surface area contributed by atoms with Crippen LogP contribution in [0.25, 0.3) is 11.0 Å². The normalized spacial score (nSPS) is 10.7. The number of aryl methyl sites for hydroxylation is 1. The highest BCUT2D eigenvalue weighted by Gasteiger charge is 2.07. The van der Waals surface area contributed by atoms with Crippen molar-refractivity contribution in [2.45, 2.75) is 13.0 Å². The molecule has 3 aromatic rings. The minimum Gasteiger partial charge on any atom is -0.326 e. The average molecular weight is 312 g/mol. The van der Waals surface area contributed by atoms with Gasteiger partial charge in [0.1, 0.15) is 5.82 Å². The van der Waals surface area contributed by atoms with Gasteiger partial charge in [-0.2, -0.15) is 0 Å². The Kier molecular flexibility index (Phi) is 4.09. The molecule has 23 heavy (non-hydrogen) atoms. The number of pyridine rings is 1. The monoisotopic (exact) mass is 312 g/mol. The SMILES string of the molecule is O=C(CCn1cnc2ncccc2c1=O)Nc1cccc(F)c1. The van der Waals surface area contributed by atoms with Crippen molar-refractivity contribution in [2.75, 3.05) is 5.32 Å². The van der Waals surface area contributed by atoms with Crippen LogP contribution in [0.3, 0.4) is 0 Å². The summed E-state index contributed by atoms with van der Waals surface area (Å²) < 4.78 is 14.4. The van der Waals surface area contributed by atoms with Crippen LogP contribution < -0.4 is 10.9 Å². The number of hydrogen-bond acceptors (Lipinski definition) is 4. The first kappa shape index (κ1) is 14.8. The summed E-state index contributed by atoms with van der Waals surface area (Å²) in [5.74, 6) is -0.737. The van der Waals surface area contributed by atoms with Crippen molar-refractivity contribution in [2.24, 2.45) is 0 Å². The molecule has 2 aromatic heterocycles. The first-order valence-electron chi connectivity index (χ1n) is 6.99. The van der Waals surface area contributed by atoms with Crippen molar-refractivity contribution in [1.82, 2.24) is 14.5 Å². The number of halogens is 1. The van der Waals surface area contributed by atoms with Crippen molar-refractivity contribution in [3.63, 3.8) is 0 Å². The Labute approximate surface area is 130 Å². The molecule has 0 fully saturated rings. The molecule has 2 heterocycles. The van der Waals surface area contributed by atoms with E-state index >= 15 is 0 Å². The standard InChI is InChI=1S/C16H13FN4O2/c17-11-3-1-4-12(9-11)20-14(22)6-8-21-10-19-15-13(16(21)23)5-2-7-18-15/h1-5,7,9-10H,6,8H2,(H,20,22). The van der Waals surface area contributed by atoms with Crippen molar-refractivity contribution in [3.8, 4) is 0 Å². The van der Waals surface area contributed by atoms with E-state index < -0.39 is 5.82 Å². The molecule has 1 amide bonds. The number of anilines is 1. The van der Waals surface area contributed by atoms with Gasteiger partial charge in [-0.3, -0.25) is 14.2 Å². The number of aromatic nitrogens is 3. The number of carbonyl (C=O) groups excluding carboxylic acids is 1. The van der Waals surface area contributed by atoms with Crippen LogP contribution >= 0.6 is 0 Å². The molecule has 0 saturated carbocycles. The number of amides is 1. The number of nitrogens with zero attached hydrogens (tertiary/aromatic N) is 3. The number of rotatable bonds is 4. The fourth-order valence-electron chi connectivity index (χ4n) is 2.17. The molecule has 0 spiro atoms. The van der Waals surface area contributed by atoms with Gasteiger partial charge >= 0.3 is 0 Å². The molecular weight excluding hydrogens is 299 g/mol. The van der Waals surface area contributed by atoms with Gasteiger partial charge in [-0.15, -0.1) is 0 Å². The lowest BCUT2D eigenvalue weighted by atomic mass is 10.3. The van der Waals surface area contributed by atoms with E-state index in [1.165, 1.54) is 29.1 Å². The second-order valence-electron chi connectivity index (χ2n) is 4.93. The third kappa shape index (κ3) is 3.39. The van der Waals surface area contributed by atoms with Crippen molar-refractivity contribution in [1.29, 1.82) is 0 Å². The molecular formula is C16H13FN4O2. The first-order chi connectivity index (χ1) is 11.1. The summed E-state index contributed by atoms with van der Waals surface area (Å²) in [6.45, 7) is 0.178. The maximum atomic E-state index is 13.1. The van der Waals surface area contributed by atoms with E-state index in [1.54, 1.807) is 24.4 Å². The highest BCUT2D eigenvalue weighted by molar-refractivity contribution is 5.90. The van der Waals surface area contributed by atoms with Gasteiger partial charge in [-0.1, -0.05) is 6.07 Å². The van der Waals surface area contributed by atoms with Crippen LogP contribution in [-0.2, 0) is 11.3 Å². The Morgan fingerprint density at radius 1 is 1.22 bits per heavy atom.